The molecule has 5 aliphatic rings. The van der Waals surface area contributed by atoms with Gasteiger partial charge in [-0.05, 0) is 130 Å². The van der Waals surface area contributed by atoms with Gasteiger partial charge in [0.25, 0.3) is 5.91 Å². The van der Waals surface area contributed by atoms with Crippen LogP contribution >= 0.6 is 0 Å². The Kier molecular flexibility index (Phi) is 5.86. The average molecular weight is 510 g/mol. The predicted octanol–water partition coefficient (Wildman–Crippen LogP) is 7.30. The minimum atomic E-state index is 0.0245. The van der Waals surface area contributed by atoms with Crippen molar-refractivity contribution in [3.63, 3.8) is 0 Å². The molecule has 0 aliphatic heterocycles. The largest absolute Gasteiger partial charge is 0.355 e. The zero-order valence-electron chi connectivity index (χ0n) is 22.4. The molecule has 0 unspecified atom stereocenters. The van der Waals surface area contributed by atoms with Crippen molar-refractivity contribution in [2.45, 2.75) is 76.7 Å². The van der Waals surface area contributed by atoms with Gasteiger partial charge in [0.2, 0.25) is 5.91 Å². The molecule has 0 atom stereocenters. The van der Waals surface area contributed by atoms with Crippen LogP contribution in [0.4, 0.5) is 5.69 Å². The molecule has 8 rings (SSSR count). The van der Waals surface area contributed by atoms with E-state index in [0.717, 1.165) is 82.8 Å². The first-order valence-corrected chi connectivity index (χ1v) is 14.8. The van der Waals surface area contributed by atoms with Crippen LogP contribution in [0, 0.1) is 29.6 Å². The van der Waals surface area contributed by atoms with Crippen LogP contribution in [0.3, 0.4) is 0 Å². The topological polar surface area (TPSA) is 74.0 Å². The van der Waals surface area contributed by atoms with Crippen LogP contribution < -0.4 is 10.6 Å². The van der Waals surface area contributed by atoms with Gasteiger partial charge in [-0.1, -0.05) is 19.1 Å². The number of carbonyl (C=O) groups excluding carboxylic acids is 2. The highest BCUT2D eigenvalue weighted by Gasteiger charge is 2.51. The van der Waals surface area contributed by atoms with Gasteiger partial charge in [0.1, 0.15) is 0 Å². The van der Waals surface area contributed by atoms with Crippen LogP contribution in [-0.2, 0) is 4.79 Å². The van der Waals surface area contributed by atoms with Crippen molar-refractivity contribution in [1.82, 2.24) is 10.3 Å². The molecule has 2 amide bonds. The lowest BCUT2D eigenvalue weighted by atomic mass is 9.53. The van der Waals surface area contributed by atoms with Crippen LogP contribution in [0.25, 0.3) is 22.2 Å². The summed E-state index contributed by atoms with van der Waals surface area (Å²) in [6.45, 7) is 2.27. The van der Waals surface area contributed by atoms with Gasteiger partial charge in [-0.2, -0.15) is 0 Å². The minimum Gasteiger partial charge on any atom is -0.355 e. The van der Waals surface area contributed by atoms with E-state index in [4.69, 9.17) is 0 Å². The third-order valence-electron chi connectivity index (χ3n) is 10.1. The molecule has 38 heavy (non-hydrogen) atoms. The molecule has 1 aromatic heterocycles. The Bertz CT molecular complexity index is 1330. The summed E-state index contributed by atoms with van der Waals surface area (Å²) < 4.78 is 0. The summed E-state index contributed by atoms with van der Waals surface area (Å²) >= 11 is 0. The first-order chi connectivity index (χ1) is 18.4. The van der Waals surface area contributed by atoms with Gasteiger partial charge < -0.3 is 15.6 Å². The van der Waals surface area contributed by atoms with E-state index >= 15 is 0 Å². The zero-order valence-corrected chi connectivity index (χ0v) is 22.4. The van der Waals surface area contributed by atoms with Crippen molar-refractivity contribution in [3.8, 4) is 11.3 Å². The quantitative estimate of drug-likeness (QED) is 0.338. The summed E-state index contributed by atoms with van der Waals surface area (Å²) in [5, 5.41) is 7.66. The predicted molar refractivity (Wildman–Crippen MR) is 152 cm³/mol. The lowest BCUT2D eigenvalue weighted by molar-refractivity contribution is -0.121. The van der Waals surface area contributed by atoms with Gasteiger partial charge in [-0.3, -0.25) is 9.59 Å². The second-order valence-electron chi connectivity index (χ2n) is 13.2. The van der Waals surface area contributed by atoms with Crippen molar-refractivity contribution in [2.75, 3.05) is 5.32 Å². The number of anilines is 1. The van der Waals surface area contributed by atoms with E-state index in [1.165, 1.54) is 38.5 Å². The fraction of sp³-hybridized carbons (Fsp3) is 0.515. The smallest absolute Gasteiger partial charge is 0.251 e. The van der Waals surface area contributed by atoms with E-state index in [9.17, 15) is 9.59 Å². The molecule has 3 aromatic rings. The van der Waals surface area contributed by atoms with Crippen LogP contribution in [-0.4, -0.2) is 22.3 Å². The SMILES string of the molecule is CC1CCC(C(=O)Nc2ccc(-c3cc4cc(C(=O)NC56CC7CC(CC(C7)C5)C6)ccc4[nH]3)cc2)CC1. The molecule has 5 heteroatoms. The van der Waals surface area contributed by atoms with Crippen LogP contribution in [0.5, 0.6) is 0 Å². The van der Waals surface area contributed by atoms with E-state index in [1.807, 2.05) is 42.5 Å². The Morgan fingerprint density at radius 1 is 0.842 bits per heavy atom. The zero-order chi connectivity index (χ0) is 25.9. The molecule has 1 heterocycles. The Morgan fingerprint density at radius 3 is 2.16 bits per heavy atom. The number of carbonyl (C=O) groups is 2. The summed E-state index contributed by atoms with van der Waals surface area (Å²) in [5.41, 5.74) is 4.71. The normalized spacial score (nSPS) is 31.9. The number of hydrogen-bond acceptors (Lipinski definition) is 2. The van der Waals surface area contributed by atoms with Gasteiger partial charge in [-0.25, -0.2) is 0 Å². The summed E-state index contributed by atoms with van der Waals surface area (Å²) in [5.74, 6) is 3.53. The Labute approximate surface area is 225 Å². The number of rotatable bonds is 5. The highest BCUT2D eigenvalue weighted by atomic mass is 16.2. The second-order valence-corrected chi connectivity index (χ2v) is 13.2. The van der Waals surface area contributed by atoms with Crippen molar-refractivity contribution in [3.05, 3.63) is 54.1 Å². The molecule has 0 spiro atoms. The molecule has 4 bridgehead atoms. The fourth-order valence-electron chi connectivity index (χ4n) is 8.51. The van der Waals surface area contributed by atoms with Crippen molar-refractivity contribution >= 4 is 28.4 Å². The molecule has 198 valence electrons. The summed E-state index contributed by atoms with van der Waals surface area (Å²) in [6.07, 6.45) is 11.9. The minimum absolute atomic E-state index is 0.0245. The number of aromatic amines is 1. The standard InChI is InChI=1S/C33H39N3O2/c1-20-2-4-25(5-3-20)31(37)34-28-9-6-24(7-10-28)30-16-27-15-26(8-11-29(27)35-30)32(38)36-33-17-21-12-22(18-33)14-23(13-21)19-33/h6-11,15-16,20-23,25,35H,2-5,12-14,17-19H2,1H3,(H,34,37)(H,36,38). The van der Waals surface area contributed by atoms with E-state index < -0.39 is 0 Å². The van der Waals surface area contributed by atoms with E-state index in [1.54, 1.807) is 0 Å². The number of fused-ring (bicyclic) bond motifs is 1. The molecule has 0 radical (unpaired) electrons. The molecule has 5 nitrogen and oxygen atoms in total. The van der Waals surface area contributed by atoms with Gasteiger partial charge >= 0.3 is 0 Å². The number of nitrogens with one attached hydrogen (secondary N) is 3. The summed E-state index contributed by atoms with van der Waals surface area (Å²) in [7, 11) is 0. The van der Waals surface area contributed by atoms with Crippen molar-refractivity contribution < 1.29 is 9.59 Å². The number of benzene rings is 2. The maximum absolute atomic E-state index is 13.3. The highest BCUT2D eigenvalue weighted by molar-refractivity contribution is 5.99. The van der Waals surface area contributed by atoms with Gasteiger partial charge in [-0.15, -0.1) is 0 Å². The highest BCUT2D eigenvalue weighted by Crippen LogP contribution is 2.55. The first-order valence-electron chi connectivity index (χ1n) is 14.8. The summed E-state index contributed by atoms with van der Waals surface area (Å²) in [4.78, 5) is 29.5. The third kappa shape index (κ3) is 4.54. The maximum Gasteiger partial charge on any atom is 0.251 e. The molecular formula is C33H39N3O2. The number of aromatic nitrogens is 1. The third-order valence-corrected chi connectivity index (χ3v) is 10.1. The van der Waals surface area contributed by atoms with Gasteiger partial charge in [0, 0.05) is 39.3 Å². The molecule has 5 saturated carbocycles. The molecule has 5 fully saturated rings. The monoisotopic (exact) mass is 509 g/mol. The first kappa shape index (κ1) is 24.0. The van der Waals surface area contributed by atoms with Crippen molar-refractivity contribution in [1.29, 1.82) is 0 Å². The van der Waals surface area contributed by atoms with Crippen LogP contribution in [0.15, 0.2) is 48.5 Å². The maximum atomic E-state index is 13.3. The molecule has 5 aliphatic carbocycles. The average Bonchev–Trinajstić information content (AvgIpc) is 3.32. The molecule has 2 aromatic carbocycles. The molecule has 0 saturated heterocycles. The number of amides is 2. The van der Waals surface area contributed by atoms with Crippen LogP contribution in [0.2, 0.25) is 0 Å². The van der Waals surface area contributed by atoms with Gasteiger partial charge in [0.05, 0.1) is 0 Å². The Balaban J connectivity index is 1.03. The Morgan fingerprint density at radius 2 is 1.50 bits per heavy atom. The lowest BCUT2D eigenvalue weighted by Gasteiger charge is -2.56. The lowest BCUT2D eigenvalue weighted by Crippen LogP contribution is -2.59. The second kappa shape index (κ2) is 9.29. The fourth-order valence-corrected chi connectivity index (χ4v) is 8.51. The number of H-pyrrole nitrogens is 1. The van der Waals surface area contributed by atoms with E-state index in [2.05, 4.69) is 28.6 Å². The number of hydrogen-bond donors (Lipinski definition) is 3. The van der Waals surface area contributed by atoms with Crippen molar-refractivity contribution in [2.24, 2.45) is 29.6 Å². The Hall–Kier alpha value is -3.08. The molecule has 3 N–H and O–H groups in total. The van der Waals surface area contributed by atoms with Crippen LogP contribution in [0.1, 0.15) is 81.5 Å². The van der Waals surface area contributed by atoms with E-state index in [-0.39, 0.29) is 23.3 Å². The summed E-state index contributed by atoms with van der Waals surface area (Å²) in [6, 6.07) is 16.2. The molecular weight excluding hydrogens is 470 g/mol. The van der Waals surface area contributed by atoms with Gasteiger partial charge in [0.15, 0.2) is 0 Å². The van der Waals surface area contributed by atoms with E-state index in [0.29, 0.717) is 0 Å².